The molecule has 156 valence electrons. The Labute approximate surface area is 171 Å². The van der Waals surface area contributed by atoms with Gasteiger partial charge in [-0.15, -0.1) is 0 Å². The van der Waals surface area contributed by atoms with E-state index in [1.807, 2.05) is 18.2 Å². The molecule has 29 heavy (non-hydrogen) atoms. The molecule has 3 heterocycles. The second-order valence-electron chi connectivity index (χ2n) is 9.14. The summed E-state index contributed by atoms with van der Waals surface area (Å²) in [5.41, 5.74) is 0.814. The second-order valence-corrected chi connectivity index (χ2v) is 9.14. The third kappa shape index (κ3) is 3.99. The van der Waals surface area contributed by atoms with Gasteiger partial charge in [-0.3, -0.25) is 0 Å². The number of allylic oxidation sites excluding steroid dienone is 2. The van der Waals surface area contributed by atoms with Crippen molar-refractivity contribution in [3.8, 4) is 5.75 Å². The van der Waals surface area contributed by atoms with Gasteiger partial charge in [0.2, 0.25) is 0 Å². The first-order valence-electron chi connectivity index (χ1n) is 10.4. The average molecular weight is 398 g/mol. The number of hydrogen-bond donors (Lipinski definition) is 1. The smallest absolute Gasteiger partial charge is 0.343 e. The molecule has 0 spiro atoms. The predicted molar refractivity (Wildman–Crippen MR) is 112 cm³/mol. The Morgan fingerprint density at radius 2 is 2.10 bits per heavy atom. The molecule has 1 N–H and O–H groups in total. The van der Waals surface area contributed by atoms with Crippen LogP contribution in [0.3, 0.4) is 0 Å². The van der Waals surface area contributed by atoms with Gasteiger partial charge in [0.05, 0.1) is 28.3 Å². The van der Waals surface area contributed by atoms with Crippen LogP contribution in [0.15, 0.2) is 45.1 Å². The monoisotopic (exact) mass is 398 g/mol. The summed E-state index contributed by atoms with van der Waals surface area (Å²) in [4.78, 5) is 12.4. The molecule has 2 unspecified atom stereocenters. The zero-order chi connectivity index (χ0) is 20.8. The topological polar surface area (TPSA) is 72.2 Å². The van der Waals surface area contributed by atoms with Gasteiger partial charge in [0.25, 0.3) is 0 Å². The van der Waals surface area contributed by atoms with E-state index in [0.717, 1.165) is 24.6 Å². The van der Waals surface area contributed by atoms with Crippen LogP contribution in [0.1, 0.15) is 58.9 Å². The highest BCUT2D eigenvalue weighted by Gasteiger charge is 2.52. The SMILES string of the molecule is CC(C)=CCCC1(C)OC1CC[C@@](C)(O)[C@@H]1Cc2c(c3ccccc3oc2=O)O1. The minimum absolute atomic E-state index is 0.0984. The number of benzene rings is 1. The highest BCUT2D eigenvalue weighted by molar-refractivity contribution is 5.84. The number of ether oxygens (including phenoxy) is 2. The Morgan fingerprint density at radius 1 is 1.34 bits per heavy atom. The maximum absolute atomic E-state index is 12.4. The minimum atomic E-state index is -1.06. The maximum atomic E-state index is 12.4. The van der Waals surface area contributed by atoms with Gasteiger partial charge in [-0.2, -0.15) is 0 Å². The van der Waals surface area contributed by atoms with E-state index >= 15 is 0 Å². The summed E-state index contributed by atoms with van der Waals surface area (Å²) in [6.07, 6.45) is 5.61. The van der Waals surface area contributed by atoms with E-state index in [9.17, 15) is 9.90 Å². The molecule has 1 saturated heterocycles. The third-order valence-electron chi connectivity index (χ3n) is 6.34. The first-order valence-corrected chi connectivity index (χ1v) is 10.4. The zero-order valence-corrected chi connectivity index (χ0v) is 17.7. The number of para-hydroxylation sites is 1. The molecule has 2 aliphatic heterocycles. The van der Waals surface area contributed by atoms with Crippen molar-refractivity contribution in [1.82, 2.24) is 0 Å². The zero-order valence-electron chi connectivity index (χ0n) is 17.7. The standard InChI is InChI=1S/C24H30O5/c1-15(2)8-7-12-24(4)19(29-24)11-13-23(3,26)20-14-17-21(28-20)16-9-5-6-10-18(16)27-22(17)25/h5-6,8-10,19-20,26H,7,11-14H2,1-4H3/t19?,20-,23+,24?/m0/s1. The van der Waals surface area contributed by atoms with E-state index in [0.29, 0.717) is 29.7 Å². The lowest BCUT2D eigenvalue weighted by Crippen LogP contribution is -2.43. The average Bonchev–Trinajstić information content (AvgIpc) is 3.09. The highest BCUT2D eigenvalue weighted by atomic mass is 16.6. The van der Waals surface area contributed by atoms with Crippen molar-refractivity contribution in [1.29, 1.82) is 0 Å². The van der Waals surface area contributed by atoms with Crippen LogP contribution in [-0.2, 0) is 11.2 Å². The molecule has 1 fully saturated rings. The van der Waals surface area contributed by atoms with Crippen LogP contribution >= 0.6 is 0 Å². The molecule has 0 saturated carbocycles. The molecule has 0 amide bonds. The predicted octanol–water partition coefficient (Wildman–Crippen LogP) is 4.53. The first-order chi connectivity index (χ1) is 13.7. The largest absolute Gasteiger partial charge is 0.486 e. The normalized spacial score (nSPS) is 27.2. The quantitative estimate of drug-likeness (QED) is 0.421. The number of aliphatic hydroxyl groups is 1. The van der Waals surface area contributed by atoms with Gasteiger partial charge in [-0.05, 0) is 65.5 Å². The molecule has 1 aromatic heterocycles. The van der Waals surface area contributed by atoms with Gasteiger partial charge >= 0.3 is 5.63 Å². The van der Waals surface area contributed by atoms with Crippen molar-refractivity contribution in [3.05, 3.63) is 51.9 Å². The molecule has 4 atom stereocenters. The van der Waals surface area contributed by atoms with Crippen LogP contribution in [0.25, 0.3) is 11.0 Å². The number of rotatable bonds is 7. The van der Waals surface area contributed by atoms with Crippen molar-refractivity contribution in [2.75, 3.05) is 0 Å². The Balaban J connectivity index is 1.40. The van der Waals surface area contributed by atoms with Gasteiger partial charge in [0, 0.05) is 6.42 Å². The lowest BCUT2D eigenvalue weighted by atomic mass is 9.88. The summed E-state index contributed by atoms with van der Waals surface area (Å²) in [6.45, 7) is 8.14. The molecular formula is C24H30O5. The highest BCUT2D eigenvalue weighted by Crippen LogP contribution is 2.45. The van der Waals surface area contributed by atoms with Crippen LogP contribution in [0.4, 0.5) is 0 Å². The summed E-state index contributed by atoms with van der Waals surface area (Å²) in [6, 6.07) is 7.35. The number of epoxide rings is 1. The van der Waals surface area contributed by atoms with Crippen LogP contribution in [0, 0.1) is 0 Å². The van der Waals surface area contributed by atoms with E-state index in [1.54, 1.807) is 13.0 Å². The molecule has 1 aromatic carbocycles. The lowest BCUT2D eigenvalue weighted by Gasteiger charge is -2.29. The Kier molecular flexibility index (Phi) is 5.07. The fourth-order valence-corrected chi connectivity index (χ4v) is 4.29. The second kappa shape index (κ2) is 7.29. The van der Waals surface area contributed by atoms with E-state index in [-0.39, 0.29) is 17.3 Å². The van der Waals surface area contributed by atoms with Crippen molar-refractivity contribution >= 4 is 11.0 Å². The summed E-state index contributed by atoms with van der Waals surface area (Å²) in [5.74, 6) is 0.552. The maximum Gasteiger partial charge on any atom is 0.343 e. The van der Waals surface area contributed by atoms with Gasteiger partial charge in [-0.1, -0.05) is 23.8 Å². The summed E-state index contributed by atoms with van der Waals surface area (Å²) < 4.78 is 17.5. The molecule has 0 bridgehead atoms. The first kappa shape index (κ1) is 20.2. The Hall–Kier alpha value is -2.11. The van der Waals surface area contributed by atoms with E-state index < -0.39 is 11.7 Å². The molecule has 2 aromatic rings. The van der Waals surface area contributed by atoms with Crippen LogP contribution in [0.2, 0.25) is 0 Å². The lowest BCUT2D eigenvalue weighted by molar-refractivity contribution is -0.0459. The summed E-state index contributed by atoms with van der Waals surface area (Å²) >= 11 is 0. The molecule has 2 aliphatic rings. The Morgan fingerprint density at radius 3 is 2.86 bits per heavy atom. The fraction of sp³-hybridized carbons (Fsp3) is 0.542. The fourth-order valence-electron chi connectivity index (χ4n) is 4.29. The van der Waals surface area contributed by atoms with Crippen molar-refractivity contribution in [2.24, 2.45) is 0 Å². The van der Waals surface area contributed by atoms with E-state index in [2.05, 4.69) is 26.8 Å². The van der Waals surface area contributed by atoms with Gasteiger partial charge in [-0.25, -0.2) is 4.79 Å². The summed E-state index contributed by atoms with van der Waals surface area (Å²) in [5, 5.41) is 11.9. The molecule has 5 heteroatoms. The van der Waals surface area contributed by atoms with E-state index in [4.69, 9.17) is 13.9 Å². The molecule has 5 nitrogen and oxygen atoms in total. The van der Waals surface area contributed by atoms with Gasteiger partial charge in [0.1, 0.15) is 17.4 Å². The van der Waals surface area contributed by atoms with E-state index in [1.165, 1.54) is 5.57 Å². The van der Waals surface area contributed by atoms with Gasteiger partial charge in [0.15, 0.2) is 0 Å². The van der Waals surface area contributed by atoms with Gasteiger partial charge < -0.3 is 19.0 Å². The van der Waals surface area contributed by atoms with Crippen molar-refractivity contribution in [2.45, 2.75) is 83.2 Å². The van der Waals surface area contributed by atoms with Crippen molar-refractivity contribution < 1.29 is 19.0 Å². The Bertz CT molecular complexity index is 998. The van der Waals surface area contributed by atoms with Crippen molar-refractivity contribution in [3.63, 3.8) is 0 Å². The third-order valence-corrected chi connectivity index (χ3v) is 6.34. The summed E-state index contributed by atoms with van der Waals surface area (Å²) in [7, 11) is 0. The number of fused-ring (bicyclic) bond motifs is 3. The van der Waals surface area contributed by atoms with Crippen LogP contribution in [0.5, 0.6) is 5.75 Å². The van der Waals surface area contributed by atoms with Crippen LogP contribution < -0.4 is 10.4 Å². The molecule has 0 aliphatic carbocycles. The molecule has 4 rings (SSSR count). The minimum Gasteiger partial charge on any atom is -0.486 e. The van der Waals surface area contributed by atoms with Crippen LogP contribution in [-0.4, -0.2) is 28.5 Å². The molecule has 0 radical (unpaired) electrons. The molecular weight excluding hydrogens is 368 g/mol. The number of hydrogen-bond acceptors (Lipinski definition) is 5.